The number of carboxylic acids is 2. The van der Waals surface area contributed by atoms with Crippen molar-refractivity contribution in [3.63, 3.8) is 0 Å². The van der Waals surface area contributed by atoms with Crippen molar-refractivity contribution in [1.29, 1.82) is 0 Å². The second kappa shape index (κ2) is 6.41. The average molecular weight is 307 g/mol. The van der Waals surface area contributed by atoms with Gasteiger partial charge in [0, 0.05) is 0 Å². The third-order valence-electron chi connectivity index (χ3n) is 3.25. The van der Waals surface area contributed by atoms with Gasteiger partial charge in [-0.15, -0.1) is 12.4 Å². The smallest absolute Gasteiger partial charge is 0.335 e. The van der Waals surface area contributed by atoms with E-state index in [4.69, 9.17) is 10.2 Å². The summed E-state index contributed by atoms with van der Waals surface area (Å²) in [7, 11) is 0. The Balaban J connectivity index is 0.00000220. The van der Waals surface area contributed by atoms with E-state index in [1.54, 1.807) is 50.2 Å². The molecule has 5 heteroatoms. The van der Waals surface area contributed by atoms with Gasteiger partial charge in [-0.05, 0) is 48.2 Å². The number of rotatable bonds is 3. The van der Waals surface area contributed by atoms with Gasteiger partial charge in [-0.3, -0.25) is 0 Å². The van der Waals surface area contributed by atoms with Crippen LogP contribution in [0.1, 0.15) is 31.8 Å². The third kappa shape index (κ3) is 3.41. The number of aryl methyl sites for hydroxylation is 2. The minimum absolute atomic E-state index is 0. The van der Waals surface area contributed by atoms with Gasteiger partial charge in [-0.2, -0.15) is 0 Å². The Bertz CT molecular complexity index is 646. The van der Waals surface area contributed by atoms with Crippen molar-refractivity contribution >= 4 is 24.3 Å². The summed E-state index contributed by atoms with van der Waals surface area (Å²) in [5.74, 6) is -1.90. The first-order chi connectivity index (χ1) is 9.40. The fraction of sp³-hybridized carbons (Fsp3) is 0.125. The zero-order valence-corrected chi connectivity index (χ0v) is 12.4. The van der Waals surface area contributed by atoms with E-state index >= 15 is 0 Å². The summed E-state index contributed by atoms with van der Waals surface area (Å²) in [4.78, 5) is 22.0. The Hall–Kier alpha value is -2.33. The highest BCUT2D eigenvalue weighted by Gasteiger charge is 2.10. The molecule has 0 saturated heterocycles. The number of hydrogen-bond donors (Lipinski definition) is 2. The molecule has 0 spiro atoms. The van der Waals surface area contributed by atoms with Gasteiger partial charge >= 0.3 is 11.9 Å². The third-order valence-corrected chi connectivity index (χ3v) is 3.25. The SMILES string of the molecule is Cc1cc(-c2ccc(C(=O)O)c(C)c2)ccc1C(=O)O.Cl. The Morgan fingerprint density at radius 2 is 1.10 bits per heavy atom. The highest BCUT2D eigenvalue weighted by Crippen LogP contribution is 2.24. The van der Waals surface area contributed by atoms with Crippen molar-refractivity contribution in [1.82, 2.24) is 0 Å². The second-order valence-electron chi connectivity index (χ2n) is 4.67. The molecule has 0 heterocycles. The van der Waals surface area contributed by atoms with Crippen molar-refractivity contribution < 1.29 is 19.8 Å². The predicted molar refractivity (Wildman–Crippen MR) is 82.5 cm³/mol. The van der Waals surface area contributed by atoms with E-state index in [9.17, 15) is 9.59 Å². The van der Waals surface area contributed by atoms with Crippen molar-refractivity contribution in [2.75, 3.05) is 0 Å². The molecule has 0 unspecified atom stereocenters. The molecule has 0 fully saturated rings. The lowest BCUT2D eigenvalue weighted by atomic mass is 9.97. The van der Waals surface area contributed by atoms with Gasteiger partial charge in [-0.25, -0.2) is 9.59 Å². The molecule has 0 aliphatic rings. The summed E-state index contributed by atoms with van der Waals surface area (Å²) >= 11 is 0. The first kappa shape index (κ1) is 16.7. The lowest BCUT2D eigenvalue weighted by Crippen LogP contribution is -2.00. The molecule has 0 aliphatic carbocycles. The van der Waals surface area contributed by atoms with E-state index in [0.29, 0.717) is 11.1 Å². The van der Waals surface area contributed by atoms with E-state index < -0.39 is 11.9 Å². The lowest BCUT2D eigenvalue weighted by molar-refractivity contribution is 0.0685. The van der Waals surface area contributed by atoms with Crippen LogP contribution in [-0.2, 0) is 0 Å². The van der Waals surface area contributed by atoms with Gasteiger partial charge in [0.2, 0.25) is 0 Å². The number of aromatic carboxylic acids is 2. The van der Waals surface area contributed by atoms with Crippen LogP contribution in [-0.4, -0.2) is 22.2 Å². The molecule has 0 saturated carbocycles. The van der Waals surface area contributed by atoms with Gasteiger partial charge in [0.05, 0.1) is 11.1 Å². The molecule has 0 radical (unpaired) electrons. The fourth-order valence-electron chi connectivity index (χ4n) is 2.17. The summed E-state index contributed by atoms with van der Waals surface area (Å²) in [6, 6.07) is 10.2. The molecular formula is C16H15ClO4. The molecule has 4 nitrogen and oxygen atoms in total. The minimum Gasteiger partial charge on any atom is -0.478 e. The maximum Gasteiger partial charge on any atom is 0.335 e. The molecule has 0 aliphatic heterocycles. The number of hydrogen-bond acceptors (Lipinski definition) is 2. The van der Waals surface area contributed by atoms with Gasteiger partial charge in [0.1, 0.15) is 0 Å². The molecule has 0 amide bonds. The maximum absolute atomic E-state index is 11.0. The number of carboxylic acid groups (broad SMARTS) is 2. The van der Waals surface area contributed by atoms with Crippen LogP contribution in [0.2, 0.25) is 0 Å². The first-order valence-corrected chi connectivity index (χ1v) is 6.08. The summed E-state index contributed by atoms with van der Waals surface area (Å²) in [6.45, 7) is 3.48. The Morgan fingerprint density at radius 1 is 0.762 bits per heavy atom. The minimum atomic E-state index is -0.952. The highest BCUT2D eigenvalue weighted by molar-refractivity contribution is 5.91. The molecule has 21 heavy (non-hydrogen) atoms. The van der Waals surface area contributed by atoms with Crippen molar-refractivity contribution in [3.8, 4) is 11.1 Å². The molecule has 2 aromatic carbocycles. The topological polar surface area (TPSA) is 74.6 Å². The van der Waals surface area contributed by atoms with Gasteiger partial charge in [0.25, 0.3) is 0 Å². The van der Waals surface area contributed by atoms with Crippen LogP contribution in [0, 0.1) is 13.8 Å². The molecule has 0 aromatic heterocycles. The zero-order valence-electron chi connectivity index (χ0n) is 11.6. The summed E-state index contributed by atoms with van der Waals surface area (Å²) in [5.41, 5.74) is 3.63. The van der Waals surface area contributed by atoms with Crippen LogP contribution >= 0.6 is 12.4 Å². The fourth-order valence-corrected chi connectivity index (χ4v) is 2.17. The monoisotopic (exact) mass is 306 g/mol. The van der Waals surface area contributed by atoms with Gasteiger partial charge in [0.15, 0.2) is 0 Å². The molecule has 0 bridgehead atoms. The van der Waals surface area contributed by atoms with Crippen LogP contribution in [0.3, 0.4) is 0 Å². The maximum atomic E-state index is 11.0. The van der Waals surface area contributed by atoms with Gasteiger partial charge < -0.3 is 10.2 Å². The molecule has 110 valence electrons. The number of halogens is 1. The average Bonchev–Trinajstić information content (AvgIpc) is 2.37. The first-order valence-electron chi connectivity index (χ1n) is 6.08. The molecule has 0 atom stereocenters. The van der Waals surface area contributed by atoms with E-state index in [1.165, 1.54) is 0 Å². The lowest BCUT2D eigenvalue weighted by Gasteiger charge is -2.08. The number of benzene rings is 2. The van der Waals surface area contributed by atoms with Crippen LogP contribution in [0.15, 0.2) is 36.4 Å². The summed E-state index contributed by atoms with van der Waals surface area (Å²) in [6.07, 6.45) is 0. The second-order valence-corrected chi connectivity index (χ2v) is 4.67. The van der Waals surface area contributed by atoms with E-state index in [0.717, 1.165) is 11.1 Å². The summed E-state index contributed by atoms with van der Waals surface area (Å²) in [5, 5.41) is 18.0. The number of carbonyl (C=O) groups is 2. The normalized spacial score (nSPS) is 9.81. The van der Waals surface area contributed by atoms with Crippen LogP contribution in [0.25, 0.3) is 11.1 Å². The molecule has 2 rings (SSSR count). The Kier molecular flexibility index (Phi) is 5.11. The molecular weight excluding hydrogens is 292 g/mol. The van der Waals surface area contributed by atoms with Crippen molar-refractivity contribution in [2.24, 2.45) is 0 Å². The van der Waals surface area contributed by atoms with Crippen molar-refractivity contribution in [3.05, 3.63) is 58.7 Å². The predicted octanol–water partition coefficient (Wildman–Crippen LogP) is 3.79. The standard InChI is InChI=1S/C16H14O4.ClH/c1-9-7-11(3-5-13(9)15(17)18)12-4-6-14(16(19)20)10(2)8-12;/h3-8H,1-2H3,(H,17,18)(H,19,20);1H. The van der Waals surface area contributed by atoms with Crippen molar-refractivity contribution in [2.45, 2.75) is 13.8 Å². The van der Waals surface area contributed by atoms with Crippen LogP contribution in [0.5, 0.6) is 0 Å². The highest BCUT2D eigenvalue weighted by atomic mass is 35.5. The van der Waals surface area contributed by atoms with Crippen LogP contribution < -0.4 is 0 Å². The molecule has 2 N–H and O–H groups in total. The Morgan fingerprint density at radius 3 is 1.33 bits per heavy atom. The largest absolute Gasteiger partial charge is 0.478 e. The molecule has 2 aromatic rings. The van der Waals surface area contributed by atoms with E-state index in [2.05, 4.69) is 0 Å². The summed E-state index contributed by atoms with van der Waals surface area (Å²) < 4.78 is 0. The Labute approximate surface area is 128 Å². The van der Waals surface area contributed by atoms with Crippen LogP contribution in [0.4, 0.5) is 0 Å². The zero-order chi connectivity index (χ0) is 14.9. The van der Waals surface area contributed by atoms with Gasteiger partial charge in [-0.1, -0.05) is 24.3 Å². The van der Waals surface area contributed by atoms with E-state index in [-0.39, 0.29) is 23.5 Å². The van der Waals surface area contributed by atoms with E-state index in [1.807, 2.05) is 0 Å². The quantitative estimate of drug-likeness (QED) is 0.904.